The Kier molecular flexibility index (Phi) is 3.46. The molecule has 10 heavy (non-hydrogen) atoms. The minimum atomic E-state index is -0.0372. The van der Waals surface area contributed by atoms with Gasteiger partial charge in [0.1, 0.15) is 6.54 Å². The lowest BCUT2D eigenvalue weighted by Gasteiger charge is -2.06. The summed E-state index contributed by atoms with van der Waals surface area (Å²) in [6, 6.07) is 0. The van der Waals surface area contributed by atoms with Crippen LogP contribution < -0.4 is 5.73 Å². The van der Waals surface area contributed by atoms with Crippen LogP contribution in [0.15, 0.2) is 4.99 Å². The molecule has 0 fully saturated rings. The summed E-state index contributed by atoms with van der Waals surface area (Å²) in [6.45, 7) is 1.80. The zero-order valence-electron chi connectivity index (χ0n) is 6.59. The number of amidine groups is 1. The van der Waals surface area contributed by atoms with E-state index in [1.807, 2.05) is 0 Å². The first-order valence-electron chi connectivity index (χ1n) is 3.00. The molecular formula is C6H13N3O. The van der Waals surface area contributed by atoms with E-state index in [9.17, 15) is 4.79 Å². The second-order valence-electron chi connectivity index (χ2n) is 2.25. The van der Waals surface area contributed by atoms with E-state index in [-0.39, 0.29) is 12.5 Å². The smallest absolute Gasteiger partial charge is 0.243 e. The molecule has 0 saturated carbocycles. The summed E-state index contributed by atoms with van der Waals surface area (Å²) in [5.74, 6) is 0.403. The lowest BCUT2D eigenvalue weighted by molar-refractivity contribution is -0.127. The van der Waals surface area contributed by atoms with Gasteiger partial charge in [-0.05, 0) is 6.92 Å². The van der Waals surface area contributed by atoms with Crippen LogP contribution in [0.25, 0.3) is 0 Å². The van der Waals surface area contributed by atoms with Crippen molar-refractivity contribution in [2.24, 2.45) is 10.7 Å². The van der Waals surface area contributed by atoms with Crippen LogP contribution in [0.5, 0.6) is 0 Å². The zero-order valence-corrected chi connectivity index (χ0v) is 6.59. The van der Waals surface area contributed by atoms with Gasteiger partial charge in [0.15, 0.2) is 0 Å². The normalized spacial score (nSPS) is 11.3. The third-order valence-corrected chi connectivity index (χ3v) is 0.963. The van der Waals surface area contributed by atoms with Crippen LogP contribution in [0, 0.1) is 0 Å². The molecule has 0 bridgehead atoms. The number of nitrogens with two attached hydrogens (primary N) is 1. The minimum Gasteiger partial charge on any atom is -0.388 e. The first-order chi connectivity index (χ1) is 4.54. The van der Waals surface area contributed by atoms with Gasteiger partial charge in [-0.2, -0.15) is 0 Å². The Morgan fingerprint density at radius 1 is 1.60 bits per heavy atom. The highest BCUT2D eigenvalue weighted by Crippen LogP contribution is 1.79. The Labute approximate surface area is 60.7 Å². The van der Waals surface area contributed by atoms with E-state index in [0.717, 1.165) is 0 Å². The molecule has 0 aromatic heterocycles. The van der Waals surface area contributed by atoms with Gasteiger partial charge >= 0.3 is 0 Å². The molecule has 0 atom stereocenters. The topological polar surface area (TPSA) is 58.7 Å². The molecule has 0 aliphatic heterocycles. The number of carbonyl (C=O) groups is 1. The Morgan fingerprint density at radius 3 is 2.40 bits per heavy atom. The Hall–Kier alpha value is -1.06. The number of rotatable bonds is 2. The largest absolute Gasteiger partial charge is 0.388 e. The summed E-state index contributed by atoms with van der Waals surface area (Å²) in [5.41, 5.74) is 5.22. The highest BCUT2D eigenvalue weighted by molar-refractivity contribution is 5.83. The molecule has 0 radical (unpaired) electrons. The van der Waals surface area contributed by atoms with E-state index in [1.54, 1.807) is 21.0 Å². The van der Waals surface area contributed by atoms with E-state index in [2.05, 4.69) is 4.99 Å². The second-order valence-corrected chi connectivity index (χ2v) is 2.25. The Morgan fingerprint density at radius 2 is 2.10 bits per heavy atom. The van der Waals surface area contributed by atoms with Crippen molar-refractivity contribution in [3.8, 4) is 0 Å². The monoisotopic (exact) mass is 143 g/mol. The van der Waals surface area contributed by atoms with Gasteiger partial charge in [0, 0.05) is 14.1 Å². The summed E-state index contributed by atoms with van der Waals surface area (Å²) >= 11 is 0. The van der Waals surface area contributed by atoms with E-state index >= 15 is 0 Å². The van der Waals surface area contributed by atoms with Crippen LogP contribution in [0.2, 0.25) is 0 Å². The van der Waals surface area contributed by atoms with Gasteiger partial charge in [-0.1, -0.05) is 0 Å². The van der Waals surface area contributed by atoms with Crippen molar-refractivity contribution in [2.75, 3.05) is 20.6 Å². The third-order valence-electron chi connectivity index (χ3n) is 0.963. The van der Waals surface area contributed by atoms with E-state index in [4.69, 9.17) is 5.73 Å². The zero-order chi connectivity index (χ0) is 8.15. The lowest BCUT2D eigenvalue weighted by atomic mass is 10.5. The molecular weight excluding hydrogens is 130 g/mol. The van der Waals surface area contributed by atoms with Gasteiger partial charge in [0.2, 0.25) is 5.91 Å². The summed E-state index contributed by atoms with van der Waals surface area (Å²) in [4.78, 5) is 16.0. The van der Waals surface area contributed by atoms with Crippen molar-refractivity contribution < 1.29 is 4.79 Å². The maximum atomic E-state index is 10.8. The number of amides is 1. The van der Waals surface area contributed by atoms with Gasteiger partial charge in [0.05, 0.1) is 5.84 Å². The summed E-state index contributed by atoms with van der Waals surface area (Å²) in [6.07, 6.45) is 0. The van der Waals surface area contributed by atoms with E-state index < -0.39 is 0 Å². The fraction of sp³-hybridized carbons (Fsp3) is 0.667. The quantitative estimate of drug-likeness (QED) is 0.416. The molecule has 0 saturated heterocycles. The van der Waals surface area contributed by atoms with Crippen molar-refractivity contribution in [3.63, 3.8) is 0 Å². The highest BCUT2D eigenvalue weighted by Gasteiger charge is 1.99. The maximum absolute atomic E-state index is 10.8. The molecule has 0 aromatic rings. The van der Waals surface area contributed by atoms with Crippen LogP contribution in [0.3, 0.4) is 0 Å². The third kappa shape index (κ3) is 3.88. The SMILES string of the molecule is CC(N)=NCC(=O)N(C)C. The molecule has 0 aromatic carbocycles. The molecule has 4 nitrogen and oxygen atoms in total. The van der Waals surface area contributed by atoms with Crippen molar-refractivity contribution in [3.05, 3.63) is 0 Å². The van der Waals surface area contributed by atoms with Crippen LogP contribution in [-0.2, 0) is 4.79 Å². The van der Waals surface area contributed by atoms with Gasteiger partial charge in [-0.15, -0.1) is 0 Å². The average Bonchev–Trinajstić information content (AvgIpc) is 1.82. The van der Waals surface area contributed by atoms with Crippen molar-refractivity contribution >= 4 is 11.7 Å². The first kappa shape index (κ1) is 8.94. The summed E-state index contributed by atoms with van der Waals surface area (Å²) in [5, 5.41) is 0. The van der Waals surface area contributed by atoms with Crippen LogP contribution in [0.1, 0.15) is 6.92 Å². The van der Waals surface area contributed by atoms with E-state index in [1.165, 1.54) is 4.90 Å². The van der Waals surface area contributed by atoms with Crippen molar-refractivity contribution in [1.82, 2.24) is 4.90 Å². The van der Waals surface area contributed by atoms with Gasteiger partial charge in [-0.25, -0.2) is 0 Å². The molecule has 58 valence electrons. The predicted molar refractivity (Wildman–Crippen MR) is 40.9 cm³/mol. The molecule has 1 amide bonds. The fourth-order valence-electron chi connectivity index (χ4n) is 0.334. The standard InChI is InChI=1S/C6H13N3O/c1-5(7)8-4-6(10)9(2)3/h4H2,1-3H3,(H2,7,8). The molecule has 0 heterocycles. The predicted octanol–water partition coefficient (Wildman–Crippen LogP) is -0.548. The number of hydrogen-bond acceptors (Lipinski definition) is 2. The minimum absolute atomic E-state index is 0.0372. The van der Waals surface area contributed by atoms with Crippen LogP contribution >= 0.6 is 0 Å². The maximum Gasteiger partial charge on any atom is 0.243 e. The average molecular weight is 143 g/mol. The summed E-state index contributed by atoms with van der Waals surface area (Å²) < 4.78 is 0. The van der Waals surface area contributed by atoms with Gasteiger partial charge in [0.25, 0.3) is 0 Å². The molecule has 0 unspecified atom stereocenters. The molecule has 2 N–H and O–H groups in total. The molecule has 0 rings (SSSR count). The molecule has 0 aliphatic carbocycles. The molecule has 0 spiro atoms. The Bertz CT molecular complexity index is 147. The number of nitrogens with zero attached hydrogens (tertiary/aromatic N) is 2. The number of likely N-dealkylation sites (N-methyl/N-ethyl adjacent to an activating group) is 1. The van der Waals surface area contributed by atoms with Gasteiger partial charge < -0.3 is 10.6 Å². The number of hydrogen-bond donors (Lipinski definition) is 1. The van der Waals surface area contributed by atoms with Crippen LogP contribution in [0.4, 0.5) is 0 Å². The number of aliphatic imine (C=N–C) groups is 1. The second kappa shape index (κ2) is 3.87. The Balaban J connectivity index is 3.71. The molecule has 4 heteroatoms. The van der Waals surface area contributed by atoms with Crippen LogP contribution in [-0.4, -0.2) is 37.3 Å². The summed E-state index contributed by atoms with van der Waals surface area (Å²) in [7, 11) is 3.37. The van der Waals surface area contributed by atoms with Crippen molar-refractivity contribution in [2.45, 2.75) is 6.92 Å². The highest BCUT2D eigenvalue weighted by atomic mass is 16.2. The van der Waals surface area contributed by atoms with E-state index in [0.29, 0.717) is 5.84 Å². The number of carbonyl (C=O) groups excluding carboxylic acids is 1. The lowest BCUT2D eigenvalue weighted by Crippen LogP contribution is -2.25. The van der Waals surface area contributed by atoms with Crippen molar-refractivity contribution in [1.29, 1.82) is 0 Å². The van der Waals surface area contributed by atoms with Gasteiger partial charge in [-0.3, -0.25) is 9.79 Å². The molecule has 0 aliphatic rings. The first-order valence-corrected chi connectivity index (χ1v) is 3.00. The fourth-order valence-corrected chi connectivity index (χ4v) is 0.334.